The molecule has 0 unspecified atom stereocenters. The minimum Gasteiger partial charge on any atom is -0.497 e. The predicted octanol–water partition coefficient (Wildman–Crippen LogP) is 2.68. The Labute approximate surface area is 153 Å². The Morgan fingerprint density at radius 2 is 2.16 bits per heavy atom. The number of aryl methyl sites for hydroxylation is 2. The summed E-state index contributed by atoms with van der Waals surface area (Å²) in [5.41, 5.74) is 2.22. The summed E-state index contributed by atoms with van der Waals surface area (Å²) in [5, 5.41) is 7.63. The van der Waals surface area contributed by atoms with Crippen molar-refractivity contribution in [3.63, 3.8) is 0 Å². The van der Waals surface area contributed by atoms with Gasteiger partial charge in [-0.1, -0.05) is 30.7 Å². The molecule has 0 aliphatic heterocycles. The van der Waals surface area contributed by atoms with Crippen molar-refractivity contribution < 1.29 is 9.53 Å². The van der Waals surface area contributed by atoms with Crippen LogP contribution >= 0.6 is 11.6 Å². The van der Waals surface area contributed by atoms with Crippen LogP contribution in [0.1, 0.15) is 34.6 Å². The van der Waals surface area contributed by atoms with Gasteiger partial charge in [-0.3, -0.25) is 9.48 Å². The molecule has 136 valence electrons. The van der Waals surface area contributed by atoms with Gasteiger partial charge < -0.3 is 15.0 Å². The predicted molar refractivity (Wildman–Crippen MR) is 99.4 cm³/mol. The van der Waals surface area contributed by atoms with E-state index < -0.39 is 0 Å². The average molecular weight is 365 g/mol. The van der Waals surface area contributed by atoms with Crippen molar-refractivity contribution in [1.82, 2.24) is 20.0 Å². The van der Waals surface area contributed by atoms with Crippen LogP contribution in [0.15, 0.2) is 24.3 Å². The topological polar surface area (TPSA) is 59.4 Å². The molecule has 0 saturated heterocycles. The van der Waals surface area contributed by atoms with E-state index in [2.05, 4.69) is 15.3 Å². The first-order valence-electron chi connectivity index (χ1n) is 8.19. The maximum absolute atomic E-state index is 12.6. The van der Waals surface area contributed by atoms with Gasteiger partial charge in [0.2, 0.25) is 0 Å². The highest BCUT2D eigenvalue weighted by atomic mass is 35.5. The van der Waals surface area contributed by atoms with Gasteiger partial charge in [0.25, 0.3) is 5.91 Å². The summed E-state index contributed by atoms with van der Waals surface area (Å²) < 4.78 is 6.82. The van der Waals surface area contributed by atoms with Gasteiger partial charge in [-0.05, 0) is 38.2 Å². The molecule has 0 aliphatic rings. The lowest BCUT2D eigenvalue weighted by atomic mass is 10.1. The summed E-state index contributed by atoms with van der Waals surface area (Å²) in [6.45, 7) is 2.40. The van der Waals surface area contributed by atoms with Crippen LogP contribution < -0.4 is 10.1 Å². The maximum Gasteiger partial charge on any atom is 0.256 e. The SMILES string of the molecule is CCc1nn(C)c(Cl)c1C(=O)NC[C@@H](c1cccc(OC)c1)N(C)C. The molecular weight excluding hydrogens is 340 g/mol. The molecule has 1 amide bonds. The van der Waals surface area contributed by atoms with Gasteiger partial charge in [-0.2, -0.15) is 5.10 Å². The fourth-order valence-corrected chi connectivity index (χ4v) is 2.99. The summed E-state index contributed by atoms with van der Waals surface area (Å²) in [5.74, 6) is 0.587. The van der Waals surface area contributed by atoms with Crippen LogP contribution in [-0.2, 0) is 13.5 Å². The number of rotatable bonds is 7. The number of halogens is 1. The molecule has 0 bridgehead atoms. The van der Waals surface area contributed by atoms with E-state index in [1.165, 1.54) is 4.68 Å². The molecule has 2 aromatic rings. The first-order chi connectivity index (χ1) is 11.9. The molecule has 2 rings (SSSR count). The maximum atomic E-state index is 12.6. The summed E-state index contributed by atoms with van der Waals surface area (Å²) in [4.78, 5) is 14.7. The second-order valence-electron chi connectivity index (χ2n) is 6.06. The minimum absolute atomic E-state index is 0.0135. The Morgan fingerprint density at radius 3 is 2.76 bits per heavy atom. The molecule has 1 aromatic heterocycles. The monoisotopic (exact) mass is 364 g/mol. The number of likely N-dealkylation sites (N-methyl/N-ethyl adjacent to an activating group) is 1. The molecule has 7 heteroatoms. The van der Waals surface area contributed by atoms with E-state index in [1.807, 2.05) is 45.3 Å². The molecule has 6 nitrogen and oxygen atoms in total. The number of hydrogen-bond donors (Lipinski definition) is 1. The molecule has 25 heavy (non-hydrogen) atoms. The molecule has 1 heterocycles. The van der Waals surface area contributed by atoms with E-state index in [4.69, 9.17) is 16.3 Å². The highest BCUT2D eigenvalue weighted by molar-refractivity contribution is 6.33. The Bertz CT molecular complexity index is 743. The van der Waals surface area contributed by atoms with E-state index in [1.54, 1.807) is 14.2 Å². The van der Waals surface area contributed by atoms with Gasteiger partial charge in [0.15, 0.2) is 0 Å². The van der Waals surface area contributed by atoms with E-state index in [0.717, 1.165) is 11.3 Å². The van der Waals surface area contributed by atoms with Crippen molar-refractivity contribution in [3.05, 3.63) is 46.2 Å². The first-order valence-corrected chi connectivity index (χ1v) is 8.56. The molecule has 0 aliphatic carbocycles. The molecule has 1 N–H and O–H groups in total. The second-order valence-corrected chi connectivity index (χ2v) is 6.41. The van der Waals surface area contributed by atoms with Crippen molar-refractivity contribution in [2.75, 3.05) is 27.7 Å². The molecule has 0 spiro atoms. The van der Waals surface area contributed by atoms with Crippen molar-refractivity contribution in [2.45, 2.75) is 19.4 Å². The van der Waals surface area contributed by atoms with Crippen molar-refractivity contribution in [1.29, 1.82) is 0 Å². The zero-order chi connectivity index (χ0) is 18.6. The van der Waals surface area contributed by atoms with Crippen LogP contribution in [0.5, 0.6) is 5.75 Å². The van der Waals surface area contributed by atoms with Crippen LogP contribution in [0.4, 0.5) is 0 Å². The molecule has 1 aromatic carbocycles. The second kappa shape index (κ2) is 8.36. The van der Waals surface area contributed by atoms with Gasteiger partial charge >= 0.3 is 0 Å². The number of nitrogens with zero attached hydrogens (tertiary/aromatic N) is 3. The van der Waals surface area contributed by atoms with Crippen LogP contribution in [0.25, 0.3) is 0 Å². The Morgan fingerprint density at radius 1 is 1.44 bits per heavy atom. The van der Waals surface area contributed by atoms with E-state index >= 15 is 0 Å². The number of benzene rings is 1. The highest BCUT2D eigenvalue weighted by Crippen LogP contribution is 2.23. The lowest BCUT2D eigenvalue weighted by molar-refractivity contribution is 0.0941. The van der Waals surface area contributed by atoms with Gasteiger partial charge in [-0.15, -0.1) is 0 Å². The van der Waals surface area contributed by atoms with Crippen molar-refractivity contribution in [2.24, 2.45) is 7.05 Å². The number of carbonyl (C=O) groups excluding carboxylic acids is 1. The Balaban J connectivity index is 2.17. The number of methoxy groups -OCH3 is 1. The zero-order valence-electron chi connectivity index (χ0n) is 15.3. The van der Waals surface area contributed by atoms with E-state index in [9.17, 15) is 4.79 Å². The van der Waals surface area contributed by atoms with E-state index in [-0.39, 0.29) is 11.9 Å². The molecule has 1 atom stereocenters. The molecule has 0 radical (unpaired) electrons. The fourth-order valence-electron chi connectivity index (χ4n) is 2.75. The standard InChI is InChI=1S/C18H25ClN4O2/c1-6-14-16(17(19)23(4)21-14)18(24)20-11-15(22(2)3)12-8-7-9-13(10-12)25-5/h7-10,15H,6,11H2,1-5H3,(H,20,24)/t15-/m0/s1. The Kier molecular flexibility index (Phi) is 6.45. The number of hydrogen-bond acceptors (Lipinski definition) is 4. The number of amides is 1. The van der Waals surface area contributed by atoms with Crippen LogP contribution in [0.2, 0.25) is 5.15 Å². The van der Waals surface area contributed by atoms with Crippen LogP contribution in [-0.4, -0.2) is 48.3 Å². The number of aromatic nitrogens is 2. The van der Waals surface area contributed by atoms with Crippen molar-refractivity contribution >= 4 is 17.5 Å². The largest absolute Gasteiger partial charge is 0.497 e. The smallest absolute Gasteiger partial charge is 0.256 e. The highest BCUT2D eigenvalue weighted by Gasteiger charge is 2.22. The summed E-state index contributed by atoms with van der Waals surface area (Å²) in [7, 11) is 7.33. The zero-order valence-corrected chi connectivity index (χ0v) is 16.1. The van der Waals surface area contributed by atoms with Gasteiger partial charge in [0.05, 0.1) is 24.4 Å². The van der Waals surface area contributed by atoms with Gasteiger partial charge in [0, 0.05) is 13.6 Å². The third-order valence-electron chi connectivity index (χ3n) is 4.17. The normalized spacial score (nSPS) is 12.3. The third kappa shape index (κ3) is 4.32. The summed E-state index contributed by atoms with van der Waals surface area (Å²) in [6.07, 6.45) is 0.649. The first kappa shape index (κ1) is 19.3. The van der Waals surface area contributed by atoms with Crippen LogP contribution in [0, 0.1) is 0 Å². The lowest BCUT2D eigenvalue weighted by Gasteiger charge is -2.25. The minimum atomic E-state index is -0.204. The fraction of sp³-hybridized carbons (Fsp3) is 0.444. The number of carbonyl (C=O) groups is 1. The van der Waals surface area contributed by atoms with E-state index in [0.29, 0.717) is 29.4 Å². The van der Waals surface area contributed by atoms with Crippen LogP contribution in [0.3, 0.4) is 0 Å². The van der Waals surface area contributed by atoms with Crippen molar-refractivity contribution in [3.8, 4) is 5.75 Å². The quantitative estimate of drug-likeness (QED) is 0.820. The van der Waals surface area contributed by atoms with Gasteiger partial charge in [-0.25, -0.2) is 0 Å². The summed E-state index contributed by atoms with van der Waals surface area (Å²) >= 11 is 6.23. The molecular formula is C18H25ClN4O2. The average Bonchev–Trinajstić information content (AvgIpc) is 2.89. The lowest BCUT2D eigenvalue weighted by Crippen LogP contribution is -2.35. The summed E-state index contributed by atoms with van der Waals surface area (Å²) in [6, 6.07) is 7.86. The number of ether oxygens (including phenoxy) is 1. The molecule has 0 fully saturated rings. The Hall–Kier alpha value is -2.05. The molecule has 0 saturated carbocycles. The number of nitrogens with one attached hydrogen (secondary N) is 1. The van der Waals surface area contributed by atoms with Gasteiger partial charge in [0.1, 0.15) is 10.9 Å². The third-order valence-corrected chi connectivity index (χ3v) is 4.60.